The Bertz CT molecular complexity index is 500. The van der Waals surface area contributed by atoms with E-state index in [1.807, 2.05) is 6.20 Å². The number of benzene rings is 1. The molecule has 0 aliphatic carbocycles. The first-order chi connectivity index (χ1) is 8.92. The molecule has 0 radical (unpaired) electrons. The molecule has 3 nitrogen and oxygen atoms in total. The summed E-state index contributed by atoms with van der Waals surface area (Å²) < 4.78 is 5.71. The Labute approximate surface area is 108 Å². The number of aromatic nitrogens is 1. The van der Waals surface area contributed by atoms with Gasteiger partial charge in [0.1, 0.15) is 0 Å². The highest BCUT2D eigenvalue weighted by atomic mass is 16.5. The van der Waals surface area contributed by atoms with E-state index in [1.165, 1.54) is 35.7 Å². The van der Waals surface area contributed by atoms with Crippen LogP contribution < -0.4 is 5.32 Å². The van der Waals surface area contributed by atoms with E-state index in [9.17, 15) is 0 Å². The predicted molar refractivity (Wildman–Crippen MR) is 73.6 cm³/mol. The molecule has 1 aliphatic heterocycles. The van der Waals surface area contributed by atoms with Crippen LogP contribution in [0.1, 0.15) is 24.8 Å². The van der Waals surface area contributed by atoms with E-state index in [0.29, 0.717) is 6.10 Å². The Hall–Kier alpha value is -1.32. The number of nitrogens with one attached hydrogen (secondary N) is 2. The van der Waals surface area contributed by atoms with Gasteiger partial charge in [-0.2, -0.15) is 0 Å². The van der Waals surface area contributed by atoms with Gasteiger partial charge in [0.05, 0.1) is 6.10 Å². The monoisotopic (exact) mass is 244 g/mol. The number of hydrogen-bond acceptors (Lipinski definition) is 2. The third kappa shape index (κ3) is 2.74. The van der Waals surface area contributed by atoms with Crippen molar-refractivity contribution in [3.05, 3.63) is 36.0 Å². The average Bonchev–Trinajstić information content (AvgIpc) is 2.87. The van der Waals surface area contributed by atoms with Gasteiger partial charge in [0.25, 0.3) is 0 Å². The summed E-state index contributed by atoms with van der Waals surface area (Å²) in [6.07, 6.45) is 6.12. The van der Waals surface area contributed by atoms with Crippen molar-refractivity contribution >= 4 is 10.9 Å². The van der Waals surface area contributed by atoms with Crippen LogP contribution in [0.4, 0.5) is 0 Å². The largest absolute Gasteiger partial charge is 0.377 e. The van der Waals surface area contributed by atoms with E-state index >= 15 is 0 Å². The van der Waals surface area contributed by atoms with Crippen molar-refractivity contribution in [1.29, 1.82) is 0 Å². The van der Waals surface area contributed by atoms with Crippen molar-refractivity contribution in [2.24, 2.45) is 0 Å². The minimum absolute atomic E-state index is 0.410. The smallest absolute Gasteiger partial charge is 0.0699 e. The molecule has 18 heavy (non-hydrogen) atoms. The number of fused-ring (bicyclic) bond motifs is 1. The fraction of sp³-hybridized carbons (Fsp3) is 0.467. The Kier molecular flexibility index (Phi) is 3.62. The highest BCUT2D eigenvalue weighted by molar-refractivity contribution is 5.79. The molecule has 0 spiro atoms. The van der Waals surface area contributed by atoms with Crippen LogP contribution in [0, 0.1) is 0 Å². The lowest BCUT2D eigenvalue weighted by molar-refractivity contribution is 0.0168. The van der Waals surface area contributed by atoms with E-state index in [0.717, 1.165) is 19.7 Å². The van der Waals surface area contributed by atoms with E-state index < -0.39 is 0 Å². The Balaban J connectivity index is 1.52. The lowest BCUT2D eigenvalue weighted by Crippen LogP contribution is -2.31. The highest BCUT2D eigenvalue weighted by Crippen LogP contribution is 2.15. The Morgan fingerprint density at radius 2 is 2.28 bits per heavy atom. The summed E-state index contributed by atoms with van der Waals surface area (Å²) in [4.78, 5) is 3.25. The number of aromatic amines is 1. The quantitative estimate of drug-likeness (QED) is 0.867. The van der Waals surface area contributed by atoms with Crippen LogP contribution >= 0.6 is 0 Å². The summed E-state index contributed by atoms with van der Waals surface area (Å²) in [5.74, 6) is 0. The lowest BCUT2D eigenvalue weighted by Gasteiger charge is -2.22. The van der Waals surface area contributed by atoms with Gasteiger partial charge in [-0.15, -0.1) is 0 Å². The zero-order valence-corrected chi connectivity index (χ0v) is 10.6. The van der Waals surface area contributed by atoms with Crippen LogP contribution in [0.3, 0.4) is 0 Å². The molecule has 0 bridgehead atoms. The van der Waals surface area contributed by atoms with Gasteiger partial charge in [0.15, 0.2) is 0 Å². The Morgan fingerprint density at radius 3 is 3.17 bits per heavy atom. The average molecular weight is 244 g/mol. The number of H-pyrrole nitrogens is 1. The second kappa shape index (κ2) is 5.55. The molecule has 96 valence electrons. The lowest BCUT2D eigenvalue weighted by atomic mass is 10.1. The van der Waals surface area contributed by atoms with Crippen LogP contribution in [0.15, 0.2) is 30.5 Å². The van der Waals surface area contributed by atoms with Gasteiger partial charge in [0.2, 0.25) is 0 Å². The molecular formula is C15H20N2O. The second-order valence-electron chi connectivity index (χ2n) is 5.02. The summed E-state index contributed by atoms with van der Waals surface area (Å²) in [6, 6.07) is 8.66. The predicted octanol–water partition coefficient (Wildman–Crippen LogP) is 2.83. The maximum atomic E-state index is 5.71. The summed E-state index contributed by atoms with van der Waals surface area (Å²) in [5.41, 5.74) is 2.53. The van der Waals surface area contributed by atoms with Crippen LogP contribution in [-0.2, 0) is 11.3 Å². The van der Waals surface area contributed by atoms with Gasteiger partial charge >= 0.3 is 0 Å². The molecule has 1 aromatic carbocycles. The van der Waals surface area contributed by atoms with Crippen molar-refractivity contribution in [1.82, 2.24) is 10.3 Å². The molecule has 3 heteroatoms. The molecule has 0 amide bonds. The number of hydrogen-bond donors (Lipinski definition) is 2. The molecule has 1 aliphatic rings. The first-order valence-electron chi connectivity index (χ1n) is 6.80. The van der Waals surface area contributed by atoms with E-state index in [1.54, 1.807) is 0 Å². The summed E-state index contributed by atoms with van der Waals surface area (Å²) in [5, 5.41) is 4.76. The Morgan fingerprint density at radius 1 is 1.28 bits per heavy atom. The van der Waals surface area contributed by atoms with Gasteiger partial charge < -0.3 is 15.0 Å². The zero-order chi connectivity index (χ0) is 12.2. The maximum absolute atomic E-state index is 5.71. The van der Waals surface area contributed by atoms with E-state index in [-0.39, 0.29) is 0 Å². The first kappa shape index (κ1) is 11.8. The molecule has 2 heterocycles. The molecule has 1 saturated heterocycles. The third-order valence-electron chi connectivity index (χ3n) is 3.59. The molecule has 1 atom stereocenters. The fourth-order valence-electron chi connectivity index (χ4n) is 2.55. The highest BCUT2D eigenvalue weighted by Gasteiger charge is 2.12. The summed E-state index contributed by atoms with van der Waals surface area (Å²) >= 11 is 0. The van der Waals surface area contributed by atoms with Crippen LogP contribution in [-0.4, -0.2) is 24.2 Å². The molecular weight excluding hydrogens is 224 g/mol. The molecule has 2 aromatic rings. The molecule has 3 rings (SSSR count). The minimum Gasteiger partial charge on any atom is -0.377 e. The molecule has 1 unspecified atom stereocenters. The van der Waals surface area contributed by atoms with Crippen molar-refractivity contribution in [2.45, 2.75) is 31.9 Å². The van der Waals surface area contributed by atoms with Gasteiger partial charge in [-0.05, 0) is 42.3 Å². The van der Waals surface area contributed by atoms with Crippen LogP contribution in [0.2, 0.25) is 0 Å². The van der Waals surface area contributed by atoms with Crippen molar-refractivity contribution in [3.63, 3.8) is 0 Å². The zero-order valence-electron chi connectivity index (χ0n) is 10.6. The summed E-state index contributed by atoms with van der Waals surface area (Å²) in [6.45, 7) is 2.80. The number of rotatable bonds is 4. The molecule has 1 aromatic heterocycles. The van der Waals surface area contributed by atoms with E-state index in [4.69, 9.17) is 4.74 Å². The second-order valence-corrected chi connectivity index (χ2v) is 5.02. The topological polar surface area (TPSA) is 37.0 Å². The first-order valence-corrected chi connectivity index (χ1v) is 6.80. The van der Waals surface area contributed by atoms with Crippen LogP contribution in [0.5, 0.6) is 0 Å². The van der Waals surface area contributed by atoms with E-state index in [2.05, 4.69) is 34.6 Å². The molecule has 2 N–H and O–H groups in total. The molecule has 0 saturated carbocycles. The van der Waals surface area contributed by atoms with Crippen molar-refractivity contribution in [3.8, 4) is 0 Å². The number of ether oxygens (including phenoxy) is 1. The SMILES string of the molecule is c1cc2ccc(CNCC3CCCCO3)cc2[nH]1. The normalized spacial score (nSPS) is 20.3. The van der Waals surface area contributed by atoms with Crippen molar-refractivity contribution < 1.29 is 4.74 Å². The minimum atomic E-state index is 0.410. The molecule has 1 fully saturated rings. The summed E-state index contributed by atoms with van der Waals surface area (Å²) in [7, 11) is 0. The van der Waals surface area contributed by atoms with Gasteiger partial charge in [-0.1, -0.05) is 12.1 Å². The van der Waals surface area contributed by atoms with Gasteiger partial charge in [-0.25, -0.2) is 0 Å². The van der Waals surface area contributed by atoms with Gasteiger partial charge in [0, 0.05) is 31.4 Å². The van der Waals surface area contributed by atoms with Crippen molar-refractivity contribution in [2.75, 3.05) is 13.2 Å². The maximum Gasteiger partial charge on any atom is 0.0699 e. The third-order valence-corrected chi connectivity index (χ3v) is 3.59. The van der Waals surface area contributed by atoms with Crippen LogP contribution in [0.25, 0.3) is 10.9 Å². The standard InChI is InChI=1S/C15H20N2O/c1-2-8-18-14(3-1)11-16-10-12-4-5-13-6-7-17-15(13)9-12/h4-7,9,14,16-17H,1-3,8,10-11H2. The van der Waals surface area contributed by atoms with Gasteiger partial charge in [-0.3, -0.25) is 0 Å². The fourth-order valence-corrected chi connectivity index (χ4v) is 2.55.